The molecule has 1 aliphatic heterocycles. The Labute approximate surface area is 219 Å². The van der Waals surface area contributed by atoms with Gasteiger partial charge in [-0.15, -0.1) is 0 Å². The average molecular weight is 544 g/mol. The van der Waals surface area contributed by atoms with Gasteiger partial charge in [0.25, 0.3) is 5.89 Å². The van der Waals surface area contributed by atoms with Crippen molar-refractivity contribution >= 4 is 6.09 Å². The van der Waals surface area contributed by atoms with E-state index in [1.165, 1.54) is 30.3 Å². The molecule has 13 heteroatoms. The molecule has 0 unspecified atom stereocenters. The molecule has 204 valence electrons. The summed E-state index contributed by atoms with van der Waals surface area (Å²) in [4.78, 5) is 16.2. The molecule has 2 N–H and O–H groups in total. The molecule has 10 nitrogen and oxygen atoms in total. The standard InChI is InChI=1S/C26H23F3N4O6/c1-25(2,3)37-24(35)30-16-12-36-17-11-14(9-10-15(17)20(16)34)22-31-23(39-33-22)21-18(26(27,28)29)19(32-38-21)13-7-5-4-6-8-13/h4-11,16,20,34H,12H2,1-3H3,(H,30,35)/t16-,20+/m0/s1. The summed E-state index contributed by atoms with van der Waals surface area (Å²) in [6, 6.07) is 11.6. The van der Waals surface area contributed by atoms with Gasteiger partial charge < -0.3 is 28.9 Å². The van der Waals surface area contributed by atoms with E-state index < -0.39 is 52.9 Å². The van der Waals surface area contributed by atoms with Gasteiger partial charge in [0.1, 0.15) is 35.3 Å². The van der Waals surface area contributed by atoms with Crippen molar-refractivity contribution in [1.29, 1.82) is 0 Å². The summed E-state index contributed by atoms with van der Waals surface area (Å²) in [5.74, 6) is -0.964. The van der Waals surface area contributed by atoms with E-state index in [1.807, 2.05) is 0 Å². The van der Waals surface area contributed by atoms with Crippen LogP contribution in [0.5, 0.6) is 5.75 Å². The van der Waals surface area contributed by atoms with Crippen LogP contribution in [0.25, 0.3) is 34.3 Å². The van der Waals surface area contributed by atoms with E-state index in [4.69, 9.17) is 18.5 Å². The van der Waals surface area contributed by atoms with Gasteiger partial charge in [0.05, 0.1) is 6.04 Å². The maximum absolute atomic E-state index is 14.0. The third-order valence-electron chi connectivity index (χ3n) is 5.74. The normalized spacial score (nSPS) is 17.3. The van der Waals surface area contributed by atoms with Gasteiger partial charge in [-0.2, -0.15) is 18.2 Å². The Bertz CT molecular complexity index is 1490. The first-order valence-electron chi connectivity index (χ1n) is 11.8. The van der Waals surface area contributed by atoms with Crippen LogP contribution in [-0.2, 0) is 10.9 Å². The van der Waals surface area contributed by atoms with Crippen molar-refractivity contribution in [2.24, 2.45) is 0 Å². The van der Waals surface area contributed by atoms with Gasteiger partial charge in [0.2, 0.25) is 11.6 Å². The van der Waals surface area contributed by atoms with E-state index >= 15 is 0 Å². The third kappa shape index (κ3) is 5.43. The van der Waals surface area contributed by atoms with Crippen LogP contribution >= 0.6 is 0 Å². The van der Waals surface area contributed by atoms with Crippen LogP contribution in [0.3, 0.4) is 0 Å². The van der Waals surface area contributed by atoms with Crippen LogP contribution in [-0.4, -0.2) is 44.7 Å². The number of nitrogens with one attached hydrogen (secondary N) is 1. The molecule has 2 atom stereocenters. The molecule has 1 aliphatic rings. The minimum atomic E-state index is -4.81. The van der Waals surface area contributed by atoms with Crippen LogP contribution in [0.1, 0.15) is 38.0 Å². The van der Waals surface area contributed by atoms with Gasteiger partial charge in [-0.1, -0.05) is 52.8 Å². The summed E-state index contributed by atoms with van der Waals surface area (Å²) in [7, 11) is 0. The smallest absolute Gasteiger partial charge is 0.422 e. The number of amides is 1. The molecule has 1 amide bonds. The molecule has 0 fully saturated rings. The fourth-order valence-electron chi connectivity index (χ4n) is 4.03. The number of aromatic nitrogens is 3. The second-order valence-electron chi connectivity index (χ2n) is 9.78. The zero-order valence-corrected chi connectivity index (χ0v) is 20.9. The number of halogens is 3. The summed E-state index contributed by atoms with van der Waals surface area (Å²) in [6.45, 7) is 5.10. The number of ether oxygens (including phenoxy) is 2. The molecule has 2 aromatic carbocycles. The van der Waals surface area contributed by atoms with Crippen LogP contribution in [0.2, 0.25) is 0 Å². The lowest BCUT2D eigenvalue weighted by atomic mass is 9.97. The Morgan fingerprint density at radius 2 is 1.79 bits per heavy atom. The lowest BCUT2D eigenvalue weighted by Gasteiger charge is -2.31. The number of hydrogen-bond acceptors (Lipinski definition) is 9. The fraction of sp³-hybridized carbons (Fsp3) is 0.308. The van der Waals surface area contributed by atoms with Crippen LogP contribution in [0, 0.1) is 0 Å². The molecule has 5 rings (SSSR count). The van der Waals surface area contributed by atoms with Crippen molar-refractivity contribution in [2.75, 3.05) is 6.61 Å². The van der Waals surface area contributed by atoms with Crippen molar-refractivity contribution in [3.05, 3.63) is 59.7 Å². The Hall–Kier alpha value is -4.39. The highest BCUT2D eigenvalue weighted by Gasteiger charge is 2.43. The van der Waals surface area contributed by atoms with Crippen LogP contribution in [0.4, 0.5) is 18.0 Å². The molecule has 39 heavy (non-hydrogen) atoms. The maximum Gasteiger partial charge on any atom is 0.422 e. The highest BCUT2D eigenvalue weighted by Crippen LogP contribution is 2.43. The number of benzene rings is 2. The maximum atomic E-state index is 14.0. The molecule has 0 aliphatic carbocycles. The number of alkyl carbamates (subject to hydrolysis) is 1. The monoisotopic (exact) mass is 544 g/mol. The van der Waals surface area contributed by atoms with Crippen molar-refractivity contribution < 1.29 is 41.6 Å². The Balaban J connectivity index is 1.40. The predicted molar refractivity (Wildman–Crippen MR) is 129 cm³/mol. The summed E-state index contributed by atoms with van der Waals surface area (Å²) in [5, 5.41) is 20.7. The summed E-state index contributed by atoms with van der Waals surface area (Å²) >= 11 is 0. The van der Waals surface area contributed by atoms with Crippen molar-refractivity contribution in [1.82, 2.24) is 20.6 Å². The Morgan fingerprint density at radius 3 is 2.49 bits per heavy atom. The zero-order chi connectivity index (χ0) is 27.9. The quantitative estimate of drug-likeness (QED) is 0.347. The zero-order valence-electron chi connectivity index (χ0n) is 20.9. The van der Waals surface area contributed by atoms with E-state index in [9.17, 15) is 23.1 Å². The number of nitrogens with zero attached hydrogens (tertiary/aromatic N) is 3. The number of fused-ring (bicyclic) bond motifs is 1. The van der Waals surface area contributed by atoms with Gasteiger partial charge in [-0.25, -0.2) is 4.79 Å². The number of aliphatic hydroxyl groups excluding tert-OH is 1. The molecule has 2 aromatic heterocycles. The van der Waals surface area contributed by atoms with E-state index in [2.05, 4.69) is 20.6 Å². The van der Waals surface area contributed by atoms with E-state index in [0.29, 0.717) is 11.1 Å². The predicted octanol–water partition coefficient (Wildman–Crippen LogP) is 5.40. The van der Waals surface area contributed by atoms with Crippen LogP contribution < -0.4 is 10.1 Å². The minimum Gasteiger partial charge on any atom is -0.491 e. The Kier molecular flexibility index (Phi) is 6.54. The van der Waals surface area contributed by atoms with E-state index in [-0.39, 0.29) is 23.7 Å². The molecule has 0 radical (unpaired) electrons. The van der Waals surface area contributed by atoms with Crippen molar-refractivity contribution in [3.63, 3.8) is 0 Å². The second-order valence-corrected chi connectivity index (χ2v) is 9.78. The molecule has 0 saturated carbocycles. The third-order valence-corrected chi connectivity index (χ3v) is 5.74. The second kappa shape index (κ2) is 9.73. The largest absolute Gasteiger partial charge is 0.491 e. The fourth-order valence-corrected chi connectivity index (χ4v) is 4.03. The summed E-state index contributed by atoms with van der Waals surface area (Å²) < 4.78 is 63.1. The summed E-state index contributed by atoms with van der Waals surface area (Å²) in [6.07, 6.45) is -6.61. The first-order valence-corrected chi connectivity index (χ1v) is 11.8. The highest BCUT2D eigenvalue weighted by molar-refractivity contribution is 5.71. The molecular weight excluding hydrogens is 521 g/mol. The summed E-state index contributed by atoms with van der Waals surface area (Å²) in [5.41, 5.74) is -1.30. The lowest BCUT2D eigenvalue weighted by molar-refractivity contribution is -0.137. The van der Waals surface area contributed by atoms with E-state index in [1.54, 1.807) is 39.0 Å². The van der Waals surface area contributed by atoms with Gasteiger partial charge in [-0.05, 0) is 26.8 Å². The van der Waals surface area contributed by atoms with Crippen molar-refractivity contribution in [3.8, 4) is 40.0 Å². The molecule has 0 spiro atoms. The number of aliphatic hydroxyl groups is 1. The molecule has 0 bridgehead atoms. The van der Waals surface area contributed by atoms with Gasteiger partial charge >= 0.3 is 12.3 Å². The van der Waals surface area contributed by atoms with Gasteiger partial charge in [-0.3, -0.25) is 0 Å². The van der Waals surface area contributed by atoms with Gasteiger partial charge in [0, 0.05) is 16.7 Å². The number of rotatable bonds is 4. The SMILES string of the molecule is CC(C)(C)OC(=O)N[C@H]1COc2cc(-c3noc(-c4onc(-c5ccccc5)c4C(F)(F)F)n3)ccc2[C@H]1O. The Morgan fingerprint density at radius 1 is 1.05 bits per heavy atom. The first-order chi connectivity index (χ1) is 18.4. The van der Waals surface area contributed by atoms with E-state index in [0.717, 1.165) is 0 Å². The molecule has 4 aromatic rings. The number of carbonyl (C=O) groups is 1. The topological polar surface area (TPSA) is 133 Å². The lowest BCUT2D eigenvalue weighted by Crippen LogP contribution is -2.47. The average Bonchev–Trinajstić information content (AvgIpc) is 3.53. The number of alkyl halides is 3. The minimum absolute atomic E-state index is 0.0364. The molecule has 3 heterocycles. The number of carbonyl (C=O) groups excluding carboxylic acids is 1. The van der Waals surface area contributed by atoms with Crippen LogP contribution in [0.15, 0.2) is 57.6 Å². The molecular formula is C26H23F3N4O6. The van der Waals surface area contributed by atoms with Gasteiger partial charge in [0.15, 0.2) is 0 Å². The van der Waals surface area contributed by atoms with Crippen molar-refractivity contribution in [2.45, 2.75) is 44.7 Å². The number of hydrogen-bond donors (Lipinski definition) is 2. The molecule has 0 saturated heterocycles. The first kappa shape index (κ1) is 26.2. The highest BCUT2D eigenvalue weighted by atomic mass is 19.4.